The van der Waals surface area contributed by atoms with Gasteiger partial charge < -0.3 is 4.57 Å². The fourth-order valence-electron chi connectivity index (χ4n) is 2.91. The molecule has 6 nitrogen and oxygen atoms in total. The van der Waals surface area contributed by atoms with Gasteiger partial charge in [0.1, 0.15) is 5.82 Å². The zero-order valence-electron chi connectivity index (χ0n) is 13.5. The average molecular weight is 370 g/mol. The number of aromatic nitrogens is 3. The van der Waals surface area contributed by atoms with Gasteiger partial charge in [0.25, 0.3) is 0 Å². The molecule has 0 N–H and O–H groups in total. The van der Waals surface area contributed by atoms with Crippen LogP contribution in [0.3, 0.4) is 0 Å². The molecule has 1 aliphatic heterocycles. The lowest BCUT2D eigenvalue weighted by molar-refractivity contribution is 0.196. The highest BCUT2D eigenvalue weighted by molar-refractivity contribution is 7.91. The molecule has 9 heteroatoms. The minimum Gasteiger partial charge on any atom is -0.303 e. The predicted molar refractivity (Wildman–Crippen MR) is 92.2 cm³/mol. The van der Waals surface area contributed by atoms with Gasteiger partial charge in [0.05, 0.1) is 23.7 Å². The second kappa shape index (κ2) is 6.38. The Bertz CT molecular complexity index is 920. The maximum atomic E-state index is 14.0. The summed E-state index contributed by atoms with van der Waals surface area (Å²) in [5.74, 6) is 0.466. The SMILES string of the molecule is CN(Cn1nc(-c2ccccc2F)n(C)c1=S)[C@H]1CCS(=O)(=O)C1. The van der Waals surface area contributed by atoms with Crippen LogP contribution in [-0.2, 0) is 23.6 Å². The molecule has 0 amide bonds. The van der Waals surface area contributed by atoms with E-state index in [-0.39, 0.29) is 23.4 Å². The summed E-state index contributed by atoms with van der Waals surface area (Å²) in [6.45, 7) is 0.362. The molecule has 1 atom stereocenters. The molecule has 0 radical (unpaired) electrons. The van der Waals surface area contributed by atoms with Crippen LogP contribution in [0.15, 0.2) is 24.3 Å². The van der Waals surface area contributed by atoms with Gasteiger partial charge in [-0.2, -0.15) is 5.10 Å². The van der Waals surface area contributed by atoms with Crippen LogP contribution in [-0.4, -0.2) is 52.3 Å². The third-order valence-corrected chi connectivity index (χ3v) is 6.58. The Morgan fingerprint density at radius 2 is 2.12 bits per heavy atom. The van der Waals surface area contributed by atoms with E-state index in [9.17, 15) is 12.8 Å². The van der Waals surface area contributed by atoms with Crippen LogP contribution in [0, 0.1) is 10.6 Å². The van der Waals surface area contributed by atoms with Gasteiger partial charge in [0.15, 0.2) is 20.4 Å². The first-order valence-electron chi connectivity index (χ1n) is 7.58. The first-order chi connectivity index (χ1) is 11.3. The van der Waals surface area contributed by atoms with Gasteiger partial charge in [-0.25, -0.2) is 17.5 Å². The summed E-state index contributed by atoms with van der Waals surface area (Å²) < 4.78 is 41.0. The lowest BCUT2D eigenvalue weighted by atomic mass is 10.2. The Hall–Kier alpha value is -1.58. The maximum absolute atomic E-state index is 14.0. The fraction of sp³-hybridized carbons (Fsp3) is 0.467. The first-order valence-corrected chi connectivity index (χ1v) is 9.81. The summed E-state index contributed by atoms with van der Waals surface area (Å²) in [5.41, 5.74) is 0.385. The van der Waals surface area contributed by atoms with Crippen molar-refractivity contribution < 1.29 is 12.8 Å². The third kappa shape index (κ3) is 3.28. The Kier molecular flexibility index (Phi) is 4.58. The van der Waals surface area contributed by atoms with Gasteiger partial charge in [-0.15, -0.1) is 0 Å². The molecular formula is C15H19FN4O2S2. The van der Waals surface area contributed by atoms with E-state index in [1.807, 2.05) is 11.9 Å². The molecule has 0 unspecified atom stereocenters. The second-order valence-corrected chi connectivity index (χ2v) is 8.69. The molecule has 1 fully saturated rings. The van der Waals surface area contributed by atoms with Gasteiger partial charge in [-0.05, 0) is 37.8 Å². The smallest absolute Gasteiger partial charge is 0.199 e. The Balaban J connectivity index is 1.87. The fourth-order valence-corrected chi connectivity index (χ4v) is 4.90. The molecule has 1 aromatic heterocycles. The summed E-state index contributed by atoms with van der Waals surface area (Å²) >= 11 is 5.39. The molecule has 24 heavy (non-hydrogen) atoms. The van der Waals surface area contributed by atoms with Crippen molar-refractivity contribution in [1.82, 2.24) is 19.2 Å². The molecule has 0 aliphatic carbocycles. The minimum atomic E-state index is -2.95. The highest BCUT2D eigenvalue weighted by Gasteiger charge is 2.31. The standard InChI is InChI=1S/C15H19FN4O2S2/c1-18(11-7-8-24(21,22)9-11)10-20-15(23)19(2)14(17-20)12-5-3-4-6-13(12)16/h3-6,11H,7-10H2,1-2H3/t11-/m0/s1. The number of hydrogen-bond acceptors (Lipinski definition) is 5. The van der Waals surface area contributed by atoms with Crippen molar-refractivity contribution in [1.29, 1.82) is 0 Å². The second-order valence-electron chi connectivity index (χ2n) is 6.10. The molecular weight excluding hydrogens is 351 g/mol. The van der Waals surface area contributed by atoms with Gasteiger partial charge in [-0.1, -0.05) is 12.1 Å². The van der Waals surface area contributed by atoms with Crippen molar-refractivity contribution in [2.24, 2.45) is 7.05 Å². The highest BCUT2D eigenvalue weighted by Crippen LogP contribution is 2.22. The van der Waals surface area contributed by atoms with E-state index in [4.69, 9.17) is 12.2 Å². The Labute approximate surface area is 145 Å². The third-order valence-electron chi connectivity index (χ3n) is 4.34. The van der Waals surface area contributed by atoms with E-state index in [0.29, 0.717) is 29.2 Å². The summed E-state index contributed by atoms with van der Waals surface area (Å²) in [4.78, 5) is 1.93. The Morgan fingerprint density at radius 1 is 1.42 bits per heavy atom. The normalized spacial score (nSPS) is 19.9. The van der Waals surface area contributed by atoms with Crippen molar-refractivity contribution in [2.45, 2.75) is 19.1 Å². The van der Waals surface area contributed by atoms with Crippen LogP contribution < -0.4 is 0 Å². The van der Waals surface area contributed by atoms with E-state index >= 15 is 0 Å². The zero-order valence-corrected chi connectivity index (χ0v) is 15.1. The average Bonchev–Trinajstić information content (AvgIpc) is 3.02. The molecule has 1 aromatic carbocycles. The van der Waals surface area contributed by atoms with E-state index in [2.05, 4.69) is 5.10 Å². The van der Waals surface area contributed by atoms with Crippen molar-refractivity contribution in [3.63, 3.8) is 0 Å². The molecule has 0 saturated carbocycles. The minimum absolute atomic E-state index is 0.0455. The molecule has 0 spiro atoms. The van der Waals surface area contributed by atoms with Gasteiger partial charge >= 0.3 is 0 Å². The van der Waals surface area contributed by atoms with Gasteiger partial charge in [0, 0.05) is 13.1 Å². The van der Waals surface area contributed by atoms with Crippen molar-refractivity contribution >= 4 is 22.1 Å². The molecule has 0 bridgehead atoms. The number of benzene rings is 1. The number of hydrogen-bond donors (Lipinski definition) is 0. The van der Waals surface area contributed by atoms with Crippen LogP contribution in [0.4, 0.5) is 4.39 Å². The number of sulfone groups is 1. The monoisotopic (exact) mass is 370 g/mol. The summed E-state index contributed by atoms with van der Waals surface area (Å²) in [6, 6.07) is 6.36. The van der Waals surface area contributed by atoms with Crippen molar-refractivity contribution in [3.8, 4) is 11.4 Å². The van der Waals surface area contributed by atoms with Gasteiger partial charge in [-0.3, -0.25) is 4.90 Å². The molecule has 1 saturated heterocycles. The Morgan fingerprint density at radius 3 is 2.75 bits per heavy atom. The molecule has 130 valence electrons. The maximum Gasteiger partial charge on any atom is 0.199 e. The topological polar surface area (TPSA) is 60.1 Å². The lowest BCUT2D eigenvalue weighted by Crippen LogP contribution is -2.34. The van der Waals surface area contributed by atoms with Gasteiger partial charge in [0.2, 0.25) is 0 Å². The van der Waals surface area contributed by atoms with Crippen LogP contribution in [0.2, 0.25) is 0 Å². The van der Waals surface area contributed by atoms with Crippen LogP contribution in [0.25, 0.3) is 11.4 Å². The number of nitrogens with zero attached hydrogens (tertiary/aromatic N) is 4. The van der Waals surface area contributed by atoms with E-state index in [0.717, 1.165) is 0 Å². The summed E-state index contributed by atoms with van der Waals surface area (Å²) in [7, 11) is 0.649. The predicted octanol–water partition coefficient (Wildman–Crippen LogP) is 1.83. The lowest BCUT2D eigenvalue weighted by Gasteiger charge is -2.22. The quantitative estimate of drug-likeness (QED) is 0.769. The van der Waals surface area contributed by atoms with Crippen LogP contribution in [0.1, 0.15) is 6.42 Å². The van der Waals surface area contributed by atoms with Crippen LogP contribution in [0.5, 0.6) is 0 Å². The largest absolute Gasteiger partial charge is 0.303 e. The zero-order chi connectivity index (χ0) is 17.5. The summed E-state index contributed by atoms with van der Waals surface area (Å²) in [6.07, 6.45) is 0.610. The molecule has 3 rings (SSSR count). The highest BCUT2D eigenvalue weighted by atomic mass is 32.2. The first kappa shape index (κ1) is 17.2. The van der Waals surface area contributed by atoms with E-state index in [1.165, 1.54) is 6.07 Å². The summed E-state index contributed by atoms with van der Waals surface area (Å²) in [5, 5.41) is 4.43. The van der Waals surface area contributed by atoms with Crippen molar-refractivity contribution in [3.05, 3.63) is 34.9 Å². The van der Waals surface area contributed by atoms with E-state index < -0.39 is 9.84 Å². The van der Waals surface area contributed by atoms with E-state index in [1.54, 1.807) is 34.5 Å². The molecule has 2 heterocycles. The van der Waals surface area contributed by atoms with Crippen LogP contribution >= 0.6 is 12.2 Å². The van der Waals surface area contributed by atoms with Crippen molar-refractivity contribution in [2.75, 3.05) is 18.6 Å². The molecule has 2 aromatic rings. The number of rotatable bonds is 4. The molecule has 1 aliphatic rings. The number of halogens is 1.